The van der Waals surface area contributed by atoms with Crippen molar-refractivity contribution in [2.75, 3.05) is 17.0 Å². The molecule has 0 atom stereocenters. The molecule has 1 heterocycles. The number of carbonyl (C=O) groups excluding carboxylic acids is 2. The number of fused-ring (bicyclic) bond motifs is 1. The number of sulfonamides is 1. The molecule has 3 aromatic rings. The summed E-state index contributed by atoms with van der Waals surface area (Å²) >= 11 is 1.59. The molecule has 4 rings (SSSR count). The van der Waals surface area contributed by atoms with Gasteiger partial charge in [-0.25, -0.2) is 8.42 Å². The van der Waals surface area contributed by atoms with E-state index < -0.39 is 10.0 Å². The average molecular weight is 467 g/mol. The van der Waals surface area contributed by atoms with Crippen molar-refractivity contribution in [2.24, 2.45) is 0 Å². The van der Waals surface area contributed by atoms with E-state index >= 15 is 0 Å². The lowest BCUT2D eigenvalue weighted by Gasteiger charge is -2.13. The number of hydrogen-bond acceptors (Lipinski definition) is 5. The van der Waals surface area contributed by atoms with Gasteiger partial charge in [-0.2, -0.15) is 0 Å². The molecule has 6 nitrogen and oxygen atoms in total. The van der Waals surface area contributed by atoms with Gasteiger partial charge in [0.05, 0.1) is 16.0 Å². The molecule has 2 amide bonds. The number of benzene rings is 3. The van der Waals surface area contributed by atoms with Crippen molar-refractivity contribution in [2.45, 2.75) is 23.1 Å². The molecular formula is C24H22N2O4S2. The van der Waals surface area contributed by atoms with Crippen LogP contribution in [0, 0.1) is 6.92 Å². The number of amides is 2. The third kappa shape index (κ3) is 4.71. The van der Waals surface area contributed by atoms with Gasteiger partial charge in [-0.3, -0.25) is 19.2 Å². The first-order valence-electron chi connectivity index (χ1n) is 10.1. The fraction of sp³-hybridized carbons (Fsp3) is 0.167. The molecule has 164 valence electrons. The van der Waals surface area contributed by atoms with E-state index in [2.05, 4.69) is 4.72 Å². The van der Waals surface area contributed by atoms with Gasteiger partial charge in [0.2, 0.25) is 0 Å². The number of aryl methyl sites for hydroxylation is 1. The fourth-order valence-corrected chi connectivity index (χ4v) is 5.30. The Labute approximate surface area is 191 Å². The van der Waals surface area contributed by atoms with Crippen molar-refractivity contribution in [3.8, 4) is 0 Å². The molecule has 0 saturated carbocycles. The van der Waals surface area contributed by atoms with Crippen LogP contribution in [0.5, 0.6) is 0 Å². The molecular weight excluding hydrogens is 444 g/mol. The molecule has 0 aliphatic carbocycles. The fourth-order valence-electron chi connectivity index (χ4n) is 3.41. The van der Waals surface area contributed by atoms with Gasteiger partial charge in [-0.05, 0) is 67.6 Å². The molecule has 0 aromatic heterocycles. The molecule has 0 saturated heterocycles. The normalized spacial score (nSPS) is 13.3. The maximum Gasteiger partial charge on any atom is 0.261 e. The number of imide groups is 1. The predicted octanol–water partition coefficient (Wildman–Crippen LogP) is 4.57. The van der Waals surface area contributed by atoms with E-state index in [0.29, 0.717) is 29.8 Å². The molecule has 32 heavy (non-hydrogen) atoms. The van der Waals surface area contributed by atoms with Crippen molar-refractivity contribution in [3.05, 3.63) is 89.5 Å². The van der Waals surface area contributed by atoms with E-state index in [0.717, 1.165) is 16.2 Å². The highest BCUT2D eigenvalue weighted by atomic mass is 32.2. The highest BCUT2D eigenvalue weighted by molar-refractivity contribution is 7.99. The zero-order valence-electron chi connectivity index (χ0n) is 17.4. The summed E-state index contributed by atoms with van der Waals surface area (Å²) in [5.41, 5.74) is 2.41. The van der Waals surface area contributed by atoms with Gasteiger partial charge in [0.15, 0.2) is 0 Å². The highest BCUT2D eigenvalue weighted by Gasteiger charge is 2.34. The summed E-state index contributed by atoms with van der Waals surface area (Å²) in [6.45, 7) is 2.27. The first-order chi connectivity index (χ1) is 15.3. The van der Waals surface area contributed by atoms with Crippen LogP contribution in [0.25, 0.3) is 0 Å². The maximum absolute atomic E-state index is 12.5. The molecule has 1 N–H and O–H groups in total. The van der Waals surface area contributed by atoms with Crippen molar-refractivity contribution >= 4 is 39.3 Å². The standard InChI is InChI=1S/C24H22N2O4S2/c1-17-7-13-20(14-8-17)32(29,30)25-18-9-11-19(12-10-18)31-16-4-15-26-23(27)21-5-2-3-6-22(21)24(26)28/h2-3,5-14,25H,4,15-16H2,1H3. The number of carbonyl (C=O) groups is 2. The number of hydrogen-bond donors (Lipinski definition) is 1. The Hall–Kier alpha value is -3.10. The van der Waals surface area contributed by atoms with Crippen LogP contribution in [-0.2, 0) is 10.0 Å². The lowest BCUT2D eigenvalue weighted by molar-refractivity contribution is 0.0655. The van der Waals surface area contributed by atoms with Crippen molar-refractivity contribution in [1.82, 2.24) is 4.90 Å². The number of nitrogens with zero attached hydrogens (tertiary/aromatic N) is 1. The highest BCUT2D eigenvalue weighted by Crippen LogP contribution is 2.25. The molecule has 0 spiro atoms. The van der Waals surface area contributed by atoms with E-state index in [-0.39, 0.29) is 16.7 Å². The Morgan fingerprint density at radius 2 is 1.44 bits per heavy atom. The Kier molecular flexibility index (Phi) is 6.34. The Balaban J connectivity index is 1.28. The van der Waals surface area contributed by atoms with E-state index in [9.17, 15) is 18.0 Å². The van der Waals surface area contributed by atoms with Gasteiger partial charge in [-0.1, -0.05) is 29.8 Å². The number of anilines is 1. The van der Waals surface area contributed by atoms with Crippen LogP contribution in [0.2, 0.25) is 0 Å². The summed E-state index contributed by atoms with van der Waals surface area (Å²) in [7, 11) is -3.63. The van der Waals surface area contributed by atoms with Crippen molar-refractivity contribution in [3.63, 3.8) is 0 Å². The molecule has 3 aromatic carbocycles. The smallest absolute Gasteiger partial charge is 0.261 e. The van der Waals surface area contributed by atoms with Gasteiger partial charge in [0, 0.05) is 17.1 Å². The van der Waals surface area contributed by atoms with Crippen LogP contribution in [0.3, 0.4) is 0 Å². The van der Waals surface area contributed by atoms with Gasteiger partial charge in [-0.15, -0.1) is 11.8 Å². The van der Waals surface area contributed by atoms with E-state index in [1.807, 2.05) is 19.1 Å². The molecule has 1 aliphatic heterocycles. The lowest BCUT2D eigenvalue weighted by Crippen LogP contribution is -2.30. The Bertz CT molecular complexity index is 1220. The van der Waals surface area contributed by atoms with Crippen molar-refractivity contribution < 1.29 is 18.0 Å². The second-order valence-corrected chi connectivity index (χ2v) is 10.3. The number of rotatable bonds is 8. The third-order valence-electron chi connectivity index (χ3n) is 5.11. The minimum Gasteiger partial charge on any atom is -0.280 e. The minimum atomic E-state index is -3.63. The number of nitrogens with one attached hydrogen (secondary N) is 1. The lowest BCUT2D eigenvalue weighted by atomic mass is 10.1. The van der Waals surface area contributed by atoms with Crippen LogP contribution in [0.4, 0.5) is 5.69 Å². The second-order valence-electron chi connectivity index (χ2n) is 7.45. The molecule has 1 aliphatic rings. The minimum absolute atomic E-state index is 0.217. The largest absolute Gasteiger partial charge is 0.280 e. The molecule has 0 bridgehead atoms. The molecule has 0 radical (unpaired) electrons. The first kappa shape index (κ1) is 22.1. The summed E-state index contributed by atoms with van der Waals surface area (Å²) in [6.07, 6.45) is 0.665. The second kappa shape index (κ2) is 9.18. The molecule has 0 unspecified atom stereocenters. The zero-order chi connectivity index (χ0) is 22.7. The summed E-state index contributed by atoms with van der Waals surface area (Å²) in [5, 5.41) is 0. The zero-order valence-corrected chi connectivity index (χ0v) is 19.1. The summed E-state index contributed by atoms with van der Waals surface area (Å²) < 4.78 is 27.6. The predicted molar refractivity (Wildman–Crippen MR) is 126 cm³/mol. The molecule has 8 heteroatoms. The summed E-state index contributed by atoms with van der Waals surface area (Å²) in [5.74, 6) is 0.253. The summed E-state index contributed by atoms with van der Waals surface area (Å²) in [6, 6.07) is 20.7. The van der Waals surface area contributed by atoms with E-state index in [1.54, 1.807) is 72.4 Å². The van der Waals surface area contributed by atoms with Crippen molar-refractivity contribution in [1.29, 1.82) is 0 Å². The van der Waals surface area contributed by atoms with Gasteiger partial charge >= 0.3 is 0 Å². The van der Waals surface area contributed by atoms with Gasteiger partial charge in [0.25, 0.3) is 21.8 Å². The number of thioether (sulfide) groups is 1. The van der Waals surface area contributed by atoms with E-state index in [4.69, 9.17) is 0 Å². The van der Waals surface area contributed by atoms with Crippen LogP contribution in [0.1, 0.15) is 32.7 Å². The van der Waals surface area contributed by atoms with Crippen LogP contribution >= 0.6 is 11.8 Å². The quantitative estimate of drug-likeness (QED) is 0.299. The Morgan fingerprint density at radius 3 is 2.03 bits per heavy atom. The molecule has 0 fully saturated rings. The van der Waals surface area contributed by atoms with Crippen LogP contribution < -0.4 is 4.72 Å². The monoisotopic (exact) mass is 466 g/mol. The van der Waals surface area contributed by atoms with Gasteiger partial charge < -0.3 is 0 Å². The van der Waals surface area contributed by atoms with Crippen LogP contribution in [-0.4, -0.2) is 37.4 Å². The SMILES string of the molecule is Cc1ccc(S(=O)(=O)Nc2ccc(SCCCN3C(=O)c4ccccc4C3=O)cc2)cc1. The first-order valence-corrected chi connectivity index (χ1v) is 12.6. The third-order valence-corrected chi connectivity index (χ3v) is 7.61. The van der Waals surface area contributed by atoms with E-state index in [1.165, 1.54) is 4.90 Å². The average Bonchev–Trinajstić information content (AvgIpc) is 3.03. The maximum atomic E-state index is 12.5. The van der Waals surface area contributed by atoms with Gasteiger partial charge in [0.1, 0.15) is 0 Å². The Morgan fingerprint density at radius 1 is 0.844 bits per heavy atom. The van der Waals surface area contributed by atoms with Crippen LogP contribution in [0.15, 0.2) is 82.6 Å². The topological polar surface area (TPSA) is 83.6 Å². The summed E-state index contributed by atoms with van der Waals surface area (Å²) in [4.78, 5) is 27.3.